The fourth-order valence-corrected chi connectivity index (χ4v) is 13.7. The molecule has 1 spiro atoms. The zero-order chi connectivity index (χ0) is 36.8. The highest BCUT2D eigenvalue weighted by Crippen LogP contribution is 2.76. The van der Waals surface area contributed by atoms with Gasteiger partial charge in [0, 0.05) is 47.8 Å². The molecule has 8 aliphatic rings. The van der Waals surface area contributed by atoms with Gasteiger partial charge in [0.05, 0.1) is 29.3 Å². The lowest BCUT2D eigenvalue weighted by atomic mass is 9.37. The number of esters is 1. The minimum atomic E-state index is -1.69. The monoisotopic (exact) mass is 715 g/mol. The van der Waals surface area contributed by atoms with Gasteiger partial charge in [-0.15, -0.1) is 0 Å². The second-order valence-corrected chi connectivity index (χ2v) is 18.2. The average molecular weight is 716 g/mol. The van der Waals surface area contributed by atoms with Gasteiger partial charge in [0.1, 0.15) is 18.0 Å². The van der Waals surface area contributed by atoms with E-state index in [-0.39, 0.29) is 55.6 Å². The van der Waals surface area contributed by atoms with Crippen molar-refractivity contribution in [1.29, 1.82) is 0 Å². The van der Waals surface area contributed by atoms with Gasteiger partial charge in [0.2, 0.25) is 0 Å². The van der Waals surface area contributed by atoms with Crippen molar-refractivity contribution in [3.8, 4) is 11.8 Å². The minimum Gasteiger partial charge on any atom is -0.454 e. The van der Waals surface area contributed by atoms with Crippen molar-refractivity contribution in [3.63, 3.8) is 0 Å². The second-order valence-electron chi connectivity index (χ2n) is 18.2. The van der Waals surface area contributed by atoms with Crippen molar-refractivity contribution in [2.45, 2.75) is 139 Å². The summed E-state index contributed by atoms with van der Waals surface area (Å²) >= 11 is 0. The van der Waals surface area contributed by atoms with Crippen LogP contribution < -0.4 is 5.32 Å². The number of benzene rings is 1. The maximum atomic E-state index is 13.8. The average Bonchev–Trinajstić information content (AvgIpc) is 3.62. The Morgan fingerprint density at radius 1 is 1.08 bits per heavy atom. The predicted molar refractivity (Wildman–Crippen MR) is 193 cm³/mol. The Kier molecular flexibility index (Phi) is 8.92. The molecule has 13 atom stereocenters. The number of carbonyl (C=O) groups excluding carboxylic acids is 2. The van der Waals surface area contributed by atoms with E-state index in [1.54, 1.807) is 6.08 Å². The molecular weight excluding hydrogens is 658 g/mol. The largest absolute Gasteiger partial charge is 0.454 e. The zero-order valence-corrected chi connectivity index (χ0v) is 30.9. The minimum absolute atomic E-state index is 0.0674. The summed E-state index contributed by atoms with van der Waals surface area (Å²) in [6, 6.07) is 5.71. The molecule has 0 amide bonds. The van der Waals surface area contributed by atoms with E-state index >= 15 is 0 Å². The van der Waals surface area contributed by atoms with E-state index in [2.05, 4.69) is 31.0 Å². The van der Waals surface area contributed by atoms with Crippen LogP contribution in [-0.4, -0.2) is 79.9 Å². The van der Waals surface area contributed by atoms with E-state index in [0.717, 1.165) is 35.0 Å². The molecule has 6 N–H and O–H groups in total. The number of aliphatic hydroxyl groups is 5. The molecule has 5 saturated carbocycles. The van der Waals surface area contributed by atoms with E-state index < -0.39 is 51.7 Å². The number of hydrogen-bond acceptors (Lipinski definition) is 9. The van der Waals surface area contributed by atoms with Crippen LogP contribution in [0.25, 0.3) is 0 Å². The molecule has 0 radical (unpaired) electrons. The van der Waals surface area contributed by atoms with Crippen LogP contribution in [0.1, 0.15) is 108 Å². The van der Waals surface area contributed by atoms with Crippen LogP contribution >= 0.6 is 0 Å². The van der Waals surface area contributed by atoms with Gasteiger partial charge in [-0.05, 0) is 118 Å². The van der Waals surface area contributed by atoms with Crippen molar-refractivity contribution in [3.05, 3.63) is 46.5 Å². The van der Waals surface area contributed by atoms with Crippen LogP contribution in [-0.2, 0) is 27.4 Å². The van der Waals surface area contributed by atoms with Crippen molar-refractivity contribution < 1.29 is 39.9 Å². The first kappa shape index (κ1) is 36.4. The Hall–Kier alpha value is -2.58. The molecule has 282 valence electrons. The van der Waals surface area contributed by atoms with Crippen LogP contribution in [0.3, 0.4) is 0 Å². The molecule has 7 aliphatic carbocycles. The number of nitrogens with one attached hydrogen (secondary N) is 1. The highest BCUT2D eigenvalue weighted by atomic mass is 16.5. The third kappa shape index (κ3) is 4.83. The first-order valence-electron chi connectivity index (χ1n) is 19.9. The molecule has 9 rings (SSSR count). The highest BCUT2D eigenvalue weighted by Gasteiger charge is 2.81. The molecule has 4 bridgehead atoms. The van der Waals surface area contributed by atoms with Crippen LogP contribution in [0.15, 0.2) is 29.8 Å². The third-order valence-corrected chi connectivity index (χ3v) is 15.9. The zero-order valence-electron chi connectivity index (χ0n) is 30.9. The Bertz CT molecular complexity index is 1710. The topological polar surface area (TPSA) is 157 Å². The number of ether oxygens (including phenoxy) is 1. The highest BCUT2D eigenvalue weighted by molar-refractivity contribution is 5.86. The molecule has 52 heavy (non-hydrogen) atoms. The van der Waals surface area contributed by atoms with Crippen LogP contribution in [0.4, 0.5) is 0 Å². The number of hydrogen-bond donors (Lipinski definition) is 6. The summed E-state index contributed by atoms with van der Waals surface area (Å²) in [5, 5.41) is 65.0. The molecule has 9 heteroatoms. The summed E-state index contributed by atoms with van der Waals surface area (Å²) < 4.78 is 6.18. The van der Waals surface area contributed by atoms with Gasteiger partial charge in [-0.2, -0.15) is 0 Å². The van der Waals surface area contributed by atoms with Gasteiger partial charge < -0.3 is 40.4 Å². The van der Waals surface area contributed by atoms with E-state index in [4.69, 9.17) is 4.74 Å². The summed E-state index contributed by atoms with van der Waals surface area (Å²) in [4.78, 5) is 26.9. The fourth-order valence-electron chi connectivity index (χ4n) is 13.7. The number of rotatable bonds is 6. The molecule has 1 heterocycles. The van der Waals surface area contributed by atoms with Gasteiger partial charge in [-0.1, -0.05) is 44.2 Å². The molecule has 1 aromatic carbocycles. The van der Waals surface area contributed by atoms with E-state index in [1.807, 2.05) is 25.2 Å². The Labute approximate surface area is 307 Å². The van der Waals surface area contributed by atoms with E-state index in [1.165, 1.54) is 0 Å². The molecule has 5 fully saturated rings. The number of aliphatic hydroxyl groups excluding tert-OH is 2. The molecular formula is C43H57NO8. The van der Waals surface area contributed by atoms with Crippen molar-refractivity contribution in [2.75, 3.05) is 7.05 Å². The molecule has 1 aliphatic heterocycles. The van der Waals surface area contributed by atoms with Gasteiger partial charge in [0.25, 0.3) is 0 Å². The molecule has 1 aromatic rings. The number of carbonyl (C=O) groups is 2. The third-order valence-electron chi connectivity index (χ3n) is 15.9. The maximum absolute atomic E-state index is 13.8. The maximum Gasteiger partial charge on any atom is 0.331 e. The van der Waals surface area contributed by atoms with Gasteiger partial charge >= 0.3 is 5.97 Å². The quantitative estimate of drug-likeness (QED) is 0.147. The van der Waals surface area contributed by atoms with Crippen molar-refractivity contribution in [1.82, 2.24) is 5.32 Å². The lowest BCUT2D eigenvalue weighted by Gasteiger charge is -2.71. The summed E-state index contributed by atoms with van der Waals surface area (Å²) in [7, 11) is 1.92. The standard InChI is InChI=1S/C43H57NO8/c1-25(2)10-11-29-21-42(50)35(40(24-46)15-12-30(47)22-41(29,40)49)13-16-39-14-5-4-7-26-8-6-9-27(23-45)31(26)18-34(44-3)32-17-28(20-43(39,42)51)37(39)33-19-36(48)52-38(32)33/h6,8-9,19,24-25,28-30,32,34-35,37-38,44-45,47,49-51H,5,10-18,20-23H2,1-3H3/t28-,29+,30-,32-,34-,35+,37+,38-,39+,40-,41+,42-,43+/m0/s1. The predicted octanol–water partition coefficient (Wildman–Crippen LogP) is 3.74. The smallest absolute Gasteiger partial charge is 0.331 e. The first-order chi connectivity index (χ1) is 24.8. The van der Waals surface area contributed by atoms with Crippen LogP contribution in [0, 0.1) is 58.2 Å². The lowest BCUT2D eigenvalue weighted by molar-refractivity contribution is -0.334. The molecule has 0 aromatic heterocycles. The Morgan fingerprint density at radius 3 is 2.62 bits per heavy atom. The normalized spacial score (nSPS) is 46.1. The Balaban J connectivity index is 1.30. The van der Waals surface area contributed by atoms with Crippen molar-refractivity contribution >= 4 is 12.3 Å². The number of aldehydes is 1. The first-order valence-corrected chi connectivity index (χ1v) is 19.9. The van der Waals surface area contributed by atoms with Gasteiger partial charge in [-0.3, -0.25) is 0 Å². The van der Waals surface area contributed by atoms with E-state index in [0.29, 0.717) is 63.7 Å². The van der Waals surface area contributed by atoms with Crippen LogP contribution in [0.2, 0.25) is 0 Å². The molecule has 0 unspecified atom stereocenters. The Morgan fingerprint density at radius 2 is 1.88 bits per heavy atom. The lowest BCUT2D eigenvalue weighted by Crippen LogP contribution is -2.79. The summed E-state index contributed by atoms with van der Waals surface area (Å²) in [5.41, 5.74) is -3.40. The van der Waals surface area contributed by atoms with Gasteiger partial charge in [-0.25, -0.2) is 4.79 Å². The summed E-state index contributed by atoms with van der Waals surface area (Å²) in [6.45, 7) is 4.14. The summed E-state index contributed by atoms with van der Waals surface area (Å²) in [5.74, 6) is 5.20. The SMILES string of the molecule is CN[C@H]1Cc2c(cccc2CO)C#CCC[C@]23CC[C@H]4[C@@](O)(C[C@@H](CCC(C)C)[C@]5(O)C[C@@H](O)CC[C@]45C=O)[C@@]2(O)C[C@@H]2C[C@@H]1[C@@H]1OC(=O)C=C1[C@@H]23. The van der Waals surface area contributed by atoms with Gasteiger partial charge in [0.15, 0.2) is 0 Å². The molecule has 9 nitrogen and oxygen atoms in total. The van der Waals surface area contributed by atoms with Crippen molar-refractivity contribution in [2.24, 2.45) is 46.3 Å². The van der Waals surface area contributed by atoms with E-state index in [9.17, 15) is 35.1 Å². The number of likely N-dealkylation sites (N-methyl/N-ethyl adjacent to an activating group) is 1. The molecule has 0 saturated heterocycles. The fraction of sp³-hybridized carbons (Fsp3) is 0.721. The number of fused-ring (bicyclic) bond motifs is 7. The summed E-state index contributed by atoms with van der Waals surface area (Å²) in [6.07, 6.45) is 6.97. The van der Waals surface area contributed by atoms with Crippen LogP contribution in [0.5, 0.6) is 0 Å². The second kappa shape index (κ2) is 12.7.